The van der Waals surface area contributed by atoms with Crippen LogP contribution in [0.25, 0.3) is 0 Å². The van der Waals surface area contributed by atoms with Crippen molar-refractivity contribution < 1.29 is 29.3 Å². The number of hydrogen-bond acceptors (Lipinski definition) is 7. The van der Waals surface area contributed by atoms with Gasteiger partial charge in [-0.05, 0) is 18.4 Å². The molecule has 0 bridgehead atoms. The van der Waals surface area contributed by atoms with Crippen LogP contribution in [-0.2, 0) is 25.6 Å². The number of carbonyl (C=O) groups excluding carboxylic acids is 2. The molecule has 32 heavy (non-hydrogen) atoms. The molecule has 2 fully saturated rings. The number of hydrogen-bond donors (Lipinski definition) is 1. The van der Waals surface area contributed by atoms with E-state index in [2.05, 4.69) is 5.28 Å². The topological polar surface area (TPSA) is 126 Å². The molecule has 0 aromatic heterocycles. The molecule has 1 N–H and O–H groups in total. The van der Waals surface area contributed by atoms with Gasteiger partial charge in [0.25, 0.3) is 0 Å². The van der Waals surface area contributed by atoms with E-state index in [0.717, 1.165) is 18.4 Å². The summed E-state index contributed by atoms with van der Waals surface area (Å²) in [5, 5.41) is 26.2. The van der Waals surface area contributed by atoms with Crippen molar-refractivity contribution in [2.24, 2.45) is 11.2 Å². The molecule has 0 unspecified atom stereocenters. The SMILES string of the molecule is O=C(Cc1ccccc1)C[C@@H]1C(=O)N2C(C(=O)O)=C(CO/N=[N+](\[O-])N3CCCC3)CS[C@H]12. The molecule has 3 aliphatic rings. The van der Waals surface area contributed by atoms with Crippen molar-refractivity contribution >= 4 is 29.4 Å². The van der Waals surface area contributed by atoms with E-state index in [1.165, 1.54) is 21.7 Å². The number of β-lactam (4-membered cyclic amide) rings is 1. The number of aliphatic carboxylic acids is 1. The fourth-order valence-corrected chi connectivity index (χ4v) is 5.54. The number of benzene rings is 1. The minimum atomic E-state index is -1.24. The lowest BCUT2D eigenvalue weighted by Gasteiger charge is -2.49. The van der Waals surface area contributed by atoms with Gasteiger partial charge in [0.15, 0.2) is 0 Å². The third-order valence-electron chi connectivity index (χ3n) is 5.74. The van der Waals surface area contributed by atoms with E-state index in [0.29, 0.717) is 29.4 Å². The average Bonchev–Trinajstić information content (AvgIpc) is 3.32. The van der Waals surface area contributed by atoms with E-state index in [1.54, 1.807) is 0 Å². The van der Waals surface area contributed by atoms with Crippen molar-refractivity contribution in [1.29, 1.82) is 0 Å². The lowest BCUT2D eigenvalue weighted by Crippen LogP contribution is -2.62. The van der Waals surface area contributed by atoms with Gasteiger partial charge in [-0.15, -0.1) is 16.8 Å². The van der Waals surface area contributed by atoms with E-state index in [-0.39, 0.29) is 36.8 Å². The molecule has 170 valence electrons. The molecule has 0 saturated carbocycles. The largest absolute Gasteiger partial charge is 0.569 e. The summed E-state index contributed by atoms with van der Waals surface area (Å²) < 4.78 is 0. The molecule has 10 nitrogen and oxygen atoms in total. The summed E-state index contributed by atoms with van der Waals surface area (Å²) in [5.41, 5.74) is 1.12. The van der Waals surface area contributed by atoms with Gasteiger partial charge in [-0.2, -0.15) is 0 Å². The molecule has 2 saturated heterocycles. The lowest BCUT2D eigenvalue weighted by molar-refractivity contribution is -0.707. The Balaban J connectivity index is 1.38. The number of Topliss-reactive ketones (excluding diaryl/α,β-unsaturated/α-hetero) is 1. The number of thioether (sulfide) groups is 1. The predicted octanol–water partition coefficient (Wildman–Crippen LogP) is 1.96. The summed E-state index contributed by atoms with van der Waals surface area (Å²) in [6.45, 7) is 1.00. The van der Waals surface area contributed by atoms with Crippen LogP contribution < -0.4 is 0 Å². The molecule has 11 heteroatoms. The van der Waals surface area contributed by atoms with Crippen molar-refractivity contribution in [3.05, 3.63) is 52.4 Å². The van der Waals surface area contributed by atoms with Crippen LogP contribution in [0, 0.1) is 11.1 Å². The number of nitrogens with zero attached hydrogens (tertiary/aromatic N) is 4. The Bertz CT molecular complexity index is 960. The third kappa shape index (κ3) is 4.57. The number of amides is 1. The Morgan fingerprint density at radius 2 is 1.97 bits per heavy atom. The Kier molecular flexibility index (Phi) is 6.63. The van der Waals surface area contributed by atoms with Crippen LogP contribution in [0.4, 0.5) is 0 Å². The third-order valence-corrected chi connectivity index (χ3v) is 7.14. The first kappa shape index (κ1) is 22.1. The summed E-state index contributed by atoms with van der Waals surface area (Å²) >= 11 is 1.39. The normalized spacial score (nSPS) is 23.1. The molecule has 3 aliphatic heterocycles. The smallest absolute Gasteiger partial charge is 0.352 e. The first-order valence-corrected chi connectivity index (χ1v) is 11.5. The van der Waals surface area contributed by atoms with Crippen LogP contribution in [0.5, 0.6) is 0 Å². The van der Waals surface area contributed by atoms with E-state index in [9.17, 15) is 24.7 Å². The minimum Gasteiger partial charge on any atom is -0.569 e. The zero-order valence-corrected chi connectivity index (χ0v) is 18.2. The average molecular weight is 461 g/mol. The fourth-order valence-electron chi connectivity index (χ4n) is 4.15. The van der Waals surface area contributed by atoms with Gasteiger partial charge in [0.05, 0.1) is 29.4 Å². The summed E-state index contributed by atoms with van der Waals surface area (Å²) in [7, 11) is 0. The molecular formula is C21H24N4O6S. The molecular weight excluding hydrogens is 436 g/mol. The summed E-state index contributed by atoms with van der Waals surface area (Å²) in [6, 6.07) is 9.30. The minimum absolute atomic E-state index is 0.0546. The zero-order valence-electron chi connectivity index (χ0n) is 17.4. The van der Waals surface area contributed by atoms with Crippen molar-refractivity contribution in [2.75, 3.05) is 25.4 Å². The first-order valence-electron chi connectivity index (χ1n) is 10.5. The van der Waals surface area contributed by atoms with Gasteiger partial charge in [0, 0.05) is 24.2 Å². The van der Waals surface area contributed by atoms with Gasteiger partial charge in [-0.3, -0.25) is 14.5 Å². The molecule has 0 radical (unpaired) electrons. The predicted molar refractivity (Wildman–Crippen MR) is 114 cm³/mol. The first-order chi connectivity index (χ1) is 15.5. The highest BCUT2D eigenvalue weighted by Gasteiger charge is 2.53. The van der Waals surface area contributed by atoms with Gasteiger partial charge in [-0.25, -0.2) is 4.79 Å². The number of carboxylic acids is 1. The van der Waals surface area contributed by atoms with Crippen LogP contribution in [0.3, 0.4) is 0 Å². The monoisotopic (exact) mass is 460 g/mol. The van der Waals surface area contributed by atoms with Gasteiger partial charge in [-0.1, -0.05) is 30.3 Å². The Labute approximate surface area is 189 Å². The molecule has 0 spiro atoms. The maximum atomic E-state index is 12.7. The van der Waals surface area contributed by atoms with Crippen LogP contribution in [0.15, 0.2) is 46.9 Å². The van der Waals surface area contributed by atoms with Crippen LogP contribution in [0.2, 0.25) is 0 Å². The summed E-state index contributed by atoms with van der Waals surface area (Å²) in [4.78, 5) is 43.8. The standard InChI is InChI=1S/C21H24N4O6S/c26-16(10-14-6-2-1-3-7-14)11-17-19(27)24-18(21(28)29)15(13-32-20(17)24)12-31-22-25(30)23-8-4-5-9-23/h1-3,6-7,17,20H,4-5,8-13H2,(H,28,29)/b25-22-/t17-,20-/m1/s1. The molecule has 2 atom stereocenters. The van der Waals surface area contributed by atoms with Crippen LogP contribution in [0.1, 0.15) is 24.8 Å². The Hall–Kier alpha value is -3.08. The second-order valence-corrected chi connectivity index (χ2v) is 9.05. The molecule has 4 rings (SSSR count). The fraction of sp³-hybridized carbons (Fsp3) is 0.476. The second kappa shape index (κ2) is 9.60. The van der Waals surface area contributed by atoms with Gasteiger partial charge >= 0.3 is 5.97 Å². The van der Waals surface area contributed by atoms with Crippen LogP contribution in [-0.4, -0.2) is 68.5 Å². The van der Waals surface area contributed by atoms with E-state index in [1.807, 2.05) is 30.3 Å². The number of carboxylic acid groups (broad SMARTS) is 1. The highest BCUT2D eigenvalue weighted by atomic mass is 32.2. The number of carbonyl (C=O) groups is 3. The van der Waals surface area contributed by atoms with Crippen molar-refractivity contribution in [3.63, 3.8) is 0 Å². The molecule has 0 aliphatic carbocycles. The summed E-state index contributed by atoms with van der Waals surface area (Å²) in [5.74, 6) is -1.89. The van der Waals surface area contributed by atoms with Crippen molar-refractivity contribution in [2.45, 2.75) is 31.1 Å². The van der Waals surface area contributed by atoms with Crippen molar-refractivity contribution in [1.82, 2.24) is 9.91 Å². The highest BCUT2D eigenvalue weighted by Crippen LogP contribution is 2.45. The molecule has 3 heterocycles. The molecule has 1 amide bonds. The second-order valence-electron chi connectivity index (χ2n) is 7.95. The quantitative estimate of drug-likeness (QED) is 0.257. The highest BCUT2D eigenvalue weighted by molar-refractivity contribution is 8.00. The van der Waals surface area contributed by atoms with E-state index >= 15 is 0 Å². The van der Waals surface area contributed by atoms with E-state index in [4.69, 9.17) is 4.84 Å². The maximum absolute atomic E-state index is 12.7. The number of fused-ring (bicyclic) bond motifs is 1. The number of rotatable bonds is 9. The Morgan fingerprint density at radius 3 is 2.66 bits per heavy atom. The lowest BCUT2D eigenvalue weighted by atomic mass is 9.89. The summed E-state index contributed by atoms with van der Waals surface area (Å²) in [6.07, 6.45) is 2.14. The van der Waals surface area contributed by atoms with Crippen molar-refractivity contribution in [3.8, 4) is 0 Å². The Morgan fingerprint density at radius 1 is 1.25 bits per heavy atom. The maximum Gasteiger partial charge on any atom is 0.352 e. The van der Waals surface area contributed by atoms with Crippen LogP contribution >= 0.6 is 11.8 Å². The molecule has 1 aromatic rings. The van der Waals surface area contributed by atoms with Gasteiger partial charge in [0.2, 0.25) is 11.2 Å². The zero-order chi connectivity index (χ0) is 22.7. The number of hydrazine groups is 1. The molecule has 1 aromatic carbocycles. The van der Waals surface area contributed by atoms with E-state index < -0.39 is 17.3 Å². The number of ketones is 1. The van der Waals surface area contributed by atoms with Gasteiger partial charge < -0.3 is 15.2 Å². The van der Waals surface area contributed by atoms with Gasteiger partial charge in [0.1, 0.15) is 18.1 Å².